The van der Waals surface area contributed by atoms with Gasteiger partial charge in [-0.25, -0.2) is 0 Å². The number of aryl methyl sites for hydroxylation is 4. The predicted molar refractivity (Wildman–Crippen MR) is 101 cm³/mol. The van der Waals surface area contributed by atoms with Crippen molar-refractivity contribution in [3.05, 3.63) is 58.7 Å². The molecule has 0 saturated carbocycles. The molecule has 0 bridgehead atoms. The van der Waals surface area contributed by atoms with Crippen LogP contribution in [0.15, 0.2) is 36.4 Å². The number of nitrogens with one attached hydrogen (secondary N) is 1. The highest BCUT2D eigenvalue weighted by molar-refractivity contribution is 6.03. The lowest BCUT2D eigenvalue weighted by Crippen LogP contribution is -2.28. The highest BCUT2D eigenvalue weighted by Crippen LogP contribution is 2.28. The first kappa shape index (κ1) is 17.2. The number of hydrogen-bond acceptors (Lipinski definition) is 2. The summed E-state index contributed by atoms with van der Waals surface area (Å²) in [5, 5.41) is 2.96. The van der Waals surface area contributed by atoms with E-state index in [1.54, 1.807) is 4.90 Å². The van der Waals surface area contributed by atoms with Gasteiger partial charge >= 0.3 is 0 Å². The Morgan fingerprint density at radius 1 is 0.920 bits per heavy atom. The zero-order valence-electron chi connectivity index (χ0n) is 15.2. The average molecular weight is 336 g/mol. The minimum Gasteiger partial charge on any atom is -0.326 e. The van der Waals surface area contributed by atoms with Crippen LogP contribution in [0.25, 0.3) is 0 Å². The third-order valence-corrected chi connectivity index (χ3v) is 4.50. The van der Waals surface area contributed by atoms with Gasteiger partial charge in [0, 0.05) is 24.3 Å². The smallest absolute Gasteiger partial charge is 0.229 e. The largest absolute Gasteiger partial charge is 0.326 e. The van der Waals surface area contributed by atoms with Crippen molar-refractivity contribution < 1.29 is 9.59 Å². The minimum absolute atomic E-state index is 0.00516. The second-order valence-corrected chi connectivity index (χ2v) is 7.12. The van der Waals surface area contributed by atoms with Crippen molar-refractivity contribution in [1.82, 2.24) is 0 Å². The summed E-state index contributed by atoms with van der Waals surface area (Å²) in [5.74, 6) is -0.412. The van der Waals surface area contributed by atoms with E-state index in [-0.39, 0.29) is 24.2 Å². The number of nitrogens with zero attached hydrogens (tertiary/aromatic N) is 1. The van der Waals surface area contributed by atoms with Crippen molar-refractivity contribution in [2.45, 2.75) is 34.1 Å². The van der Waals surface area contributed by atoms with E-state index in [0.29, 0.717) is 6.54 Å². The summed E-state index contributed by atoms with van der Waals surface area (Å²) in [6.45, 7) is 8.47. The molecule has 2 aromatic rings. The van der Waals surface area contributed by atoms with Gasteiger partial charge in [0.2, 0.25) is 11.8 Å². The molecule has 1 aliphatic heterocycles. The van der Waals surface area contributed by atoms with E-state index in [0.717, 1.165) is 33.6 Å². The van der Waals surface area contributed by atoms with Crippen LogP contribution in [0.1, 0.15) is 28.7 Å². The molecular weight excluding hydrogens is 312 g/mol. The van der Waals surface area contributed by atoms with E-state index >= 15 is 0 Å². The van der Waals surface area contributed by atoms with E-state index < -0.39 is 0 Å². The highest BCUT2D eigenvalue weighted by atomic mass is 16.2. The maximum Gasteiger partial charge on any atom is 0.229 e. The predicted octanol–water partition coefficient (Wildman–Crippen LogP) is 3.91. The molecule has 2 amide bonds. The zero-order valence-corrected chi connectivity index (χ0v) is 15.2. The van der Waals surface area contributed by atoms with E-state index in [2.05, 4.69) is 17.4 Å². The molecule has 0 aromatic heterocycles. The fraction of sp³-hybridized carbons (Fsp3) is 0.333. The van der Waals surface area contributed by atoms with Gasteiger partial charge in [0.15, 0.2) is 0 Å². The summed E-state index contributed by atoms with van der Waals surface area (Å²) in [5.41, 5.74) is 6.12. The Hall–Kier alpha value is -2.62. The Labute approximate surface area is 148 Å². The standard InChI is InChI=1S/C21H24N2O2/c1-13-5-14(2)8-18(7-13)22-21(25)17-11-20(24)23(12-17)19-9-15(3)6-16(4)10-19/h5-10,17H,11-12H2,1-4H3,(H,22,25)/t17-/m0/s1. The Balaban J connectivity index is 1.74. The van der Waals surface area contributed by atoms with Gasteiger partial charge in [0.25, 0.3) is 0 Å². The number of amides is 2. The molecule has 130 valence electrons. The van der Waals surface area contributed by atoms with Crippen molar-refractivity contribution in [1.29, 1.82) is 0 Å². The Morgan fingerprint density at radius 3 is 2.00 bits per heavy atom. The average Bonchev–Trinajstić information content (AvgIpc) is 2.87. The van der Waals surface area contributed by atoms with Crippen LogP contribution in [0.2, 0.25) is 0 Å². The summed E-state index contributed by atoms with van der Waals surface area (Å²) in [4.78, 5) is 26.8. The molecule has 1 aliphatic rings. The molecule has 1 heterocycles. The summed E-state index contributed by atoms with van der Waals surface area (Å²) in [6, 6.07) is 12.0. The molecule has 1 saturated heterocycles. The van der Waals surface area contributed by atoms with Crippen LogP contribution in [0, 0.1) is 33.6 Å². The van der Waals surface area contributed by atoms with E-state index in [4.69, 9.17) is 0 Å². The fourth-order valence-electron chi connectivity index (χ4n) is 3.53. The van der Waals surface area contributed by atoms with Crippen LogP contribution in [0.3, 0.4) is 0 Å². The monoisotopic (exact) mass is 336 g/mol. The number of carbonyl (C=O) groups is 2. The Bertz CT molecular complexity index is 801. The molecule has 4 nitrogen and oxygen atoms in total. The maximum absolute atomic E-state index is 12.6. The van der Waals surface area contributed by atoms with Gasteiger partial charge in [-0.2, -0.15) is 0 Å². The highest BCUT2D eigenvalue weighted by Gasteiger charge is 2.35. The van der Waals surface area contributed by atoms with Gasteiger partial charge in [-0.15, -0.1) is 0 Å². The first-order valence-corrected chi connectivity index (χ1v) is 8.59. The topological polar surface area (TPSA) is 49.4 Å². The second-order valence-electron chi connectivity index (χ2n) is 7.12. The molecule has 4 heteroatoms. The normalized spacial score (nSPS) is 17.0. The van der Waals surface area contributed by atoms with E-state index in [9.17, 15) is 9.59 Å². The van der Waals surface area contributed by atoms with Gasteiger partial charge in [-0.1, -0.05) is 12.1 Å². The summed E-state index contributed by atoms with van der Waals surface area (Å²) in [7, 11) is 0. The van der Waals surface area contributed by atoms with Crippen molar-refractivity contribution in [3.63, 3.8) is 0 Å². The van der Waals surface area contributed by atoms with Gasteiger partial charge in [0.1, 0.15) is 0 Å². The number of anilines is 2. The Morgan fingerprint density at radius 2 is 1.44 bits per heavy atom. The van der Waals surface area contributed by atoms with Crippen LogP contribution in [-0.4, -0.2) is 18.4 Å². The maximum atomic E-state index is 12.6. The molecule has 1 atom stereocenters. The van der Waals surface area contributed by atoms with Crippen LogP contribution in [0.5, 0.6) is 0 Å². The number of rotatable bonds is 3. The number of benzene rings is 2. The second kappa shape index (κ2) is 6.71. The minimum atomic E-state index is -0.325. The first-order valence-electron chi connectivity index (χ1n) is 8.59. The van der Waals surface area contributed by atoms with Gasteiger partial charge in [-0.05, 0) is 74.2 Å². The van der Waals surface area contributed by atoms with Crippen molar-refractivity contribution in [2.24, 2.45) is 5.92 Å². The van der Waals surface area contributed by atoms with Crippen LogP contribution in [0.4, 0.5) is 11.4 Å². The molecule has 3 rings (SSSR count). The molecule has 0 radical (unpaired) electrons. The Kier molecular flexibility index (Phi) is 4.62. The van der Waals surface area contributed by atoms with Gasteiger partial charge in [0.05, 0.1) is 5.92 Å². The molecule has 1 N–H and O–H groups in total. The van der Waals surface area contributed by atoms with E-state index in [1.807, 2.05) is 52.0 Å². The molecule has 1 fully saturated rings. The lowest BCUT2D eigenvalue weighted by atomic mass is 10.1. The van der Waals surface area contributed by atoms with Crippen LogP contribution < -0.4 is 10.2 Å². The summed E-state index contributed by atoms with van der Waals surface area (Å²) >= 11 is 0. The molecule has 2 aromatic carbocycles. The van der Waals surface area contributed by atoms with E-state index in [1.165, 1.54) is 0 Å². The SMILES string of the molecule is Cc1cc(C)cc(NC(=O)[C@H]2CC(=O)N(c3cc(C)cc(C)c3)C2)c1. The van der Waals surface area contributed by atoms with Crippen molar-refractivity contribution >= 4 is 23.2 Å². The number of hydrogen-bond donors (Lipinski definition) is 1. The third-order valence-electron chi connectivity index (χ3n) is 4.50. The lowest BCUT2D eigenvalue weighted by Gasteiger charge is -2.18. The van der Waals surface area contributed by atoms with Crippen molar-refractivity contribution in [3.8, 4) is 0 Å². The first-order chi connectivity index (χ1) is 11.8. The lowest BCUT2D eigenvalue weighted by molar-refractivity contribution is -0.122. The van der Waals surface area contributed by atoms with Gasteiger partial charge in [-0.3, -0.25) is 9.59 Å². The molecule has 0 unspecified atom stereocenters. The molecule has 0 aliphatic carbocycles. The molecule has 25 heavy (non-hydrogen) atoms. The van der Waals surface area contributed by atoms with Crippen LogP contribution in [-0.2, 0) is 9.59 Å². The van der Waals surface area contributed by atoms with Gasteiger partial charge < -0.3 is 10.2 Å². The quantitative estimate of drug-likeness (QED) is 0.924. The fourth-order valence-corrected chi connectivity index (χ4v) is 3.53. The number of carbonyl (C=O) groups excluding carboxylic acids is 2. The van der Waals surface area contributed by atoms with Crippen LogP contribution >= 0.6 is 0 Å². The molecule has 0 spiro atoms. The zero-order chi connectivity index (χ0) is 18.1. The summed E-state index contributed by atoms with van der Waals surface area (Å²) < 4.78 is 0. The summed E-state index contributed by atoms with van der Waals surface area (Å²) in [6.07, 6.45) is 0.254. The molecular formula is C21H24N2O2. The third kappa shape index (κ3) is 3.90. The van der Waals surface area contributed by atoms with Crippen molar-refractivity contribution in [2.75, 3.05) is 16.8 Å².